The molecule has 3 unspecified atom stereocenters. The van der Waals surface area contributed by atoms with Crippen LogP contribution >= 0.6 is 0 Å². The first-order valence-electron chi connectivity index (χ1n) is 9.01. The van der Waals surface area contributed by atoms with E-state index in [0.29, 0.717) is 19.5 Å². The van der Waals surface area contributed by atoms with Gasteiger partial charge in [-0.15, -0.1) is 0 Å². The molecule has 6 heteroatoms. The van der Waals surface area contributed by atoms with Crippen LogP contribution in [0.2, 0.25) is 0 Å². The summed E-state index contributed by atoms with van der Waals surface area (Å²) < 4.78 is 5.15. The molecule has 0 aromatic heterocycles. The third-order valence-corrected chi connectivity index (χ3v) is 5.21. The fourth-order valence-corrected chi connectivity index (χ4v) is 3.59. The number of hydrogen-bond acceptors (Lipinski definition) is 4. The van der Waals surface area contributed by atoms with Gasteiger partial charge in [-0.1, -0.05) is 12.1 Å². The molecule has 1 aromatic carbocycles. The molecular weight excluding hydrogens is 318 g/mol. The summed E-state index contributed by atoms with van der Waals surface area (Å²) in [5, 5.41) is 6.52. The SMILES string of the molecule is COc1ccc(CN2CC(C(=O)NC3CCCNC3C)CC2=O)cc1. The summed E-state index contributed by atoms with van der Waals surface area (Å²) in [6, 6.07) is 8.12. The van der Waals surface area contributed by atoms with Gasteiger partial charge in [0.15, 0.2) is 0 Å². The van der Waals surface area contributed by atoms with Gasteiger partial charge in [0.2, 0.25) is 11.8 Å². The van der Waals surface area contributed by atoms with Gasteiger partial charge in [0.1, 0.15) is 5.75 Å². The lowest BCUT2D eigenvalue weighted by Crippen LogP contribution is -2.53. The maximum atomic E-state index is 12.6. The van der Waals surface area contributed by atoms with Crippen LogP contribution in [0.15, 0.2) is 24.3 Å². The highest BCUT2D eigenvalue weighted by molar-refractivity contribution is 5.89. The zero-order valence-corrected chi connectivity index (χ0v) is 15.0. The molecule has 0 spiro atoms. The van der Waals surface area contributed by atoms with E-state index < -0.39 is 0 Å². The van der Waals surface area contributed by atoms with E-state index >= 15 is 0 Å². The van der Waals surface area contributed by atoms with E-state index in [4.69, 9.17) is 4.74 Å². The van der Waals surface area contributed by atoms with E-state index in [9.17, 15) is 9.59 Å². The monoisotopic (exact) mass is 345 g/mol. The predicted molar refractivity (Wildman–Crippen MR) is 95.1 cm³/mol. The molecule has 2 aliphatic rings. The number of carbonyl (C=O) groups is 2. The van der Waals surface area contributed by atoms with Gasteiger partial charge >= 0.3 is 0 Å². The standard InChI is InChI=1S/C19H27N3O3/c1-13-17(4-3-9-20-13)21-19(24)15-10-18(23)22(12-15)11-14-5-7-16(25-2)8-6-14/h5-8,13,15,17,20H,3-4,9-12H2,1-2H3,(H,21,24). The molecule has 25 heavy (non-hydrogen) atoms. The Morgan fingerprint density at radius 2 is 2.12 bits per heavy atom. The number of ether oxygens (including phenoxy) is 1. The average Bonchev–Trinajstić information content (AvgIpc) is 2.98. The van der Waals surface area contributed by atoms with Crippen molar-refractivity contribution in [2.75, 3.05) is 20.2 Å². The molecule has 0 aliphatic carbocycles. The van der Waals surface area contributed by atoms with Crippen LogP contribution in [0.1, 0.15) is 31.7 Å². The van der Waals surface area contributed by atoms with Crippen LogP contribution < -0.4 is 15.4 Å². The van der Waals surface area contributed by atoms with Crippen LogP contribution in [0, 0.1) is 5.92 Å². The summed E-state index contributed by atoms with van der Waals surface area (Å²) >= 11 is 0. The van der Waals surface area contributed by atoms with Crippen molar-refractivity contribution in [3.8, 4) is 5.75 Å². The van der Waals surface area contributed by atoms with Crippen LogP contribution in [0.3, 0.4) is 0 Å². The Morgan fingerprint density at radius 3 is 2.80 bits per heavy atom. The van der Waals surface area contributed by atoms with Crippen LogP contribution in [0.4, 0.5) is 0 Å². The highest BCUT2D eigenvalue weighted by Gasteiger charge is 2.35. The summed E-state index contributed by atoms with van der Waals surface area (Å²) in [5.41, 5.74) is 1.04. The fraction of sp³-hybridized carbons (Fsp3) is 0.579. The maximum Gasteiger partial charge on any atom is 0.225 e. The predicted octanol–water partition coefficient (Wildman–Crippen LogP) is 1.30. The van der Waals surface area contributed by atoms with E-state index in [1.807, 2.05) is 24.3 Å². The molecule has 0 radical (unpaired) electrons. The van der Waals surface area contributed by atoms with E-state index in [0.717, 1.165) is 30.7 Å². The minimum Gasteiger partial charge on any atom is -0.497 e. The second-order valence-corrected chi connectivity index (χ2v) is 7.02. The number of nitrogens with one attached hydrogen (secondary N) is 2. The van der Waals surface area contributed by atoms with Crippen LogP contribution in [-0.2, 0) is 16.1 Å². The van der Waals surface area contributed by atoms with E-state index in [1.54, 1.807) is 12.0 Å². The molecule has 1 aromatic rings. The van der Waals surface area contributed by atoms with Gasteiger partial charge in [0, 0.05) is 31.6 Å². The topological polar surface area (TPSA) is 70.7 Å². The second-order valence-electron chi connectivity index (χ2n) is 7.02. The van der Waals surface area contributed by atoms with Crippen molar-refractivity contribution >= 4 is 11.8 Å². The first kappa shape index (κ1) is 17.7. The molecule has 2 saturated heterocycles. The lowest BCUT2D eigenvalue weighted by atomic mass is 9.98. The van der Waals surface area contributed by atoms with Gasteiger partial charge in [-0.3, -0.25) is 9.59 Å². The quantitative estimate of drug-likeness (QED) is 0.844. The molecule has 0 bridgehead atoms. The Labute approximate surface area is 148 Å². The lowest BCUT2D eigenvalue weighted by molar-refractivity contribution is -0.129. The third-order valence-electron chi connectivity index (χ3n) is 5.21. The molecule has 2 heterocycles. The van der Waals surface area contributed by atoms with Gasteiger partial charge in [-0.05, 0) is 44.0 Å². The Hall–Kier alpha value is -2.08. The Bertz CT molecular complexity index is 617. The molecule has 2 aliphatic heterocycles. The van der Waals surface area contributed by atoms with Crippen molar-refractivity contribution in [1.82, 2.24) is 15.5 Å². The zero-order chi connectivity index (χ0) is 17.8. The highest BCUT2D eigenvalue weighted by atomic mass is 16.5. The summed E-state index contributed by atoms with van der Waals surface area (Å²) in [5.74, 6) is 0.598. The molecule has 3 rings (SSSR count). The van der Waals surface area contributed by atoms with E-state index in [2.05, 4.69) is 17.6 Å². The summed E-state index contributed by atoms with van der Waals surface area (Å²) in [6.07, 6.45) is 2.37. The molecular formula is C19H27N3O3. The number of rotatable bonds is 5. The van der Waals surface area contributed by atoms with Gasteiger partial charge in [0.25, 0.3) is 0 Å². The first-order valence-corrected chi connectivity index (χ1v) is 9.01. The number of benzene rings is 1. The third kappa shape index (κ3) is 4.31. The average molecular weight is 345 g/mol. The molecule has 2 N–H and O–H groups in total. The molecule has 3 atom stereocenters. The minimum atomic E-state index is -0.250. The number of amides is 2. The van der Waals surface area contributed by atoms with E-state index in [1.165, 1.54) is 0 Å². The molecule has 6 nitrogen and oxygen atoms in total. The van der Waals surface area contributed by atoms with Gasteiger partial charge in [-0.2, -0.15) is 0 Å². The van der Waals surface area contributed by atoms with E-state index in [-0.39, 0.29) is 29.8 Å². The molecule has 136 valence electrons. The largest absolute Gasteiger partial charge is 0.497 e. The van der Waals surface area contributed by atoms with Gasteiger partial charge < -0.3 is 20.3 Å². The number of methoxy groups -OCH3 is 1. The fourth-order valence-electron chi connectivity index (χ4n) is 3.59. The number of hydrogen-bond donors (Lipinski definition) is 2. The maximum absolute atomic E-state index is 12.6. The summed E-state index contributed by atoms with van der Waals surface area (Å²) in [6.45, 7) is 4.13. The van der Waals surface area contributed by atoms with Crippen LogP contribution in [0.25, 0.3) is 0 Å². The number of likely N-dealkylation sites (tertiary alicyclic amines) is 1. The van der Waals surface area contributed by atoms with Crippen molar-refractivity contribution in [3.05, 3.63) is 29.8 Å². The number of nitrogens with zero attached hydrogens (tertiary/aromatic N) is 1. The molecule has 2 amide bonds. The minimum absolute atomic E-state index is 0.00568. The lowest BCUT2D eigenvalue weighted by Gasteiger charge is -2.31. The number of piperidine rings is 1. The van der Waals surface area contributed by atoms with Crippen molar-refractivity contribution in [3.63, 3.8) is 0 Å². The molecule has 0 saturated carbocycles. The number of carbonyl (C=O) groups excluding carboxylic acids is 2. The van der Waals surface area contributed by atoms with Crippen molar-refractivity contribution in [2.24, 2.45) is 5.92 Å². The van der Waals surface area contributed by atoms with Crippen LogP contribution in [0.5, 0.6) is 5.75 Å². The van der Waals surface area contributed by atoms with Gasteiger partial charge in [-0.25, -0.2) is 0 Å². The Balaban J connectivity index is 1.54. The molecule has 2 fully saturated rings. The van der Waals surface area contributed by atoms with Crippen molar-refractivity contribution < 1.29 is 14.3 Å². The Morgan fingerprint density at radius 1 is 1.36 bits per heavy atom. The smallest absolute Gasteiger partial charge is 0.225 e. The van der Waals surface area contributed by atoms with Crippen molar-refractivity contribution in [2.45, 2.75) is 44.8 Å². The zero-order valence-electron chi connectivity index (χ0n) is 15.0. The highest BCUT2D eigenvalue weighted by Crippen LogP contribution is 2.22. The summed E-state index contributed by atoms with van der Waals surface area (Å²) in [4.78, 5) is 26.6. The summed E-state index contributed by atoms with van der Waals surface area (Å²) in [7, 11) is 1.63. The van der Waals surface area contributed by atoms with Crippen molar-refractivity contribution in [1.29, 1.82) is 0 Å². The Kier molecular flexibility index (Phi) is 5.58. The second kappa shape index (κ2) is 7.87. The first-order chi connectivity index (χ1) is 12.1. The van der Waals surface area contributed by atoms with Gasteiger partial charge in [0.05, 0.1) is 13.0 Å². The normalized spacial score (nSPS) is 26.6. The van der Waals surface area contributed by atoms with Crippen LogP contribution in [-0.4, -0.2) is 49.0 Å².